The Morgan fingerprint density at radius 3 is 2.30 bits per heavy atom. The molecule has 2 heterocycles. The molecule has 8 nitrogen and oxygen atoms in total. The van der Waals surface area contributed by atoms with Crippen LogP contribution in [0, 0.1) is 0 Å². The topological polar surface area (TPSA) is 95.5 Å². The van der Waals surface area contributed by atoms with Gasteiger partial charge in [0.05, 0.1) is 26.5 Å². The fourth-order valence-electron chi connectivity index (χ4n) is 3.92. The molecule has 0 atom stereocenters. The SMILES string of the molecule is CS(=O)(=O)c1ccc(C(=O)N2CCN(c3nc4ccccc4nc3NC3CC3)CC2)c(Cl)c1. The van der Waals surface area contributed by atoms with E-state index in [1.807, 2.05) is 24.3 Å². The average molecular weight is 486 g/mol. The number of carbonyl (C=O) groups excluding carboxylic acids is 1. The van der Waals surface area contributed by atoms with E-state index in [9.17, 15) is 13.2 Å². The molecule has 172 valence electrons. The number of fused-ring (bicyclic) bond motifs is 1. The van der Waals surface area contributed by atoms with E-state index in [2.05, 4.69) is 10.2 Å². The summed E-state index contributed by atoms with van der Waals surface area (Å²) < 4.78 is 23.5. The van der Waals surface area contributed by atoms with Gasteiger partial charge in [0.25, 0.3) is 5.91 Å². The van der Waals surface area contributed by atoms with Crippen LogP contribution < -0.4 is 10.2 Å². The van der Waals surface area contributed by atoms with E-state index >= 15 is 0 Å². The number of sulfone groups is 1. The summed E-state index contributed by atoms with van der Waals surface area (Å²) in [4.78, 5) is 26.7. The second-order valence-electron chi connectivity index (χ2n) is 8.50. The third-order valence-corrected chi connectivity index (χ3v) is 7.36. The first-order chi connectivity index (χ1) is 15.8. The summed E-state index contributed by atoms with van der Waals surface area (Å²) >= 11 is 6.26. The number of nitrogens with zero attached hydrogens (tertiary/aromatic N) is 4. The summed E-state index contributed by atoms with van der Waals surface area (Å²) in [5, 5.41) is 3.64. The van der Waals surface area contributed by atoms with Crippen LogP contribution in [0.1, 0.15) is 23.2 Å². The number of piperazine rings is 1. The first kappa shape index (κ1) is 21.9. The van der Waals surface area contributed by atoms with Crippen molar-refractivity contribution in [2.45, 2.75) is 23.8 Å². The summed E-state index contributed by atoms with van der Waals surface area (Å²) in [6.45, 7) is 2.22. The minimum atomic E-state index is -3.39. The molecule has 2 aromatic carbocycles. The van der Waals surface area contributed by atoms with Gasteiger partial charge in [-0.2, -0.15) is 0 Å². The molecule has 1 saturated heterocycles. The number of hydrogen-bond donors (Lipinski definition) is 1. The number of para-hydroxylation sites is 2. The van der Waals surface area contributed by atoms with Crippen molar-refractivity contribution >= 4 is 50.0 Å². The fraction of sp³-hybridized carbons (Fsp3) is 0.348. The van der Waals surface area contributed by atoms with Gasteiger partial charge in [0.15, 0.2) is 21.5 Å². The predicted molar refractivity (Wildman–Crippen MR) is 129 cm³/mol. The summed E-state index contributed by atoms with van der Waals surface area (Å²) in [6, 6.07) is 12.5. The second kappa shape index (κ2) is 8.46. The molecule has 0 radical (unpaired) electrons. The minimum absolute atomic E-state index is 0.0967. The molecule has 5 rings (SSSR count). The highest BCUT2D eigenvalue weighted by Gasteiger charge is 2.29. The van der Waals surface area contributed by atoms with Crippen LogP contribution >= 0.6 is 11.6 Å². The van der Waals surface area contributed by atoms with Crippen molar-refractivity contribution in [3.8, 4) is 0 Å². The molecule has 2 aliphatic rings. The molecule has 1 saturated carbocycles. The first-order valence-corrected chi connectivity index (χ1v) is 13.1. The molecule has 0 bridgehead atoms. The Labute approximate surface area is 197 Å². The number of nitrogens with one attached hydrogen (secondary N) is 1. The standard InChI is InChI=1S/C23H24ClN5O3S/c1-33(31,32)16-8-9-17(18(24)14-16)23(30)29-12-10-28(11-13-29)22-21(25-15-6-7-15)26-19-4-2-3-5-20(19)27-22/h2-5,8-9,14-15H,6-7,10-13H2,1H3,(H,25,26). The Morgan fingerprint density at radius 1 is 1.03 bits per heavy atom. The monoisotopic (exact) mass is 485 g/mol. The fourth-order valence-corrected chi connectivity index (χ4v) is 4.89. The van der Waals surface area contributed by atoms with Crippen LogP contribution in [0.15, 0.2) is 47.4 Å². The van der Waals surface area contributed by atoms with Gasteiger partial charge in [-0.25, -0.2) is 18.4 Å². The highest BCUT2D eigenvalue weighted by molar-refractivity contribution is 7.90. The Bertz CT molecular complexity index is 1340. The summed E-state index contributed by atoms with van der Waals surface area (Å²) in [7, 11) is -3.39. The van der Waals surface area contributed by atoms with E-state index in [4.69, 9.17) is 21.6 Å². The molecule has 1 aromatic heterocycles. The molecular weight excluding hydrogens is 462 g/mol. The van der Waals surface area contributed by atoms with Crippen LogP contribution in [0.4, 0.5) is 11.6 Å². The Kier molecular flexibility index (Phi) is 5.62. The maximum absolute atomic E-state index is 13.1. The zero-order valence-corrected chi connectivity index (χ0v) is 19.7. The molecule has 1 N–H and O–H groups in total. The van der Waals surface area contributed by atoms with Crippen molar-refractivity contribution in [1.82, 2.24) is 14.9 Å². The number of amides is 1. The van der Waals surface area contributed by atoms with Gasteiger partial charge in [-0.3, -0.25) is 4.79 Å². The Balaban J connectivity index is 1.34. The van der Waals surface area contributed by atoms with E-state index < -0.39 is 9.84 Å². The van der Waals surface area contributed by atoms with Crippen LogP contribution in [-0.2, 0) is 9.84 Å². The number of benzene rings is 2. The third-order valence-electron chi connectivity index (χ3n) is 5.94. The van der Waals surface area contributed by atoms with Gasteiger partial charge < -0.3 is 15.1 Å². The van der Waals surface area contributed by atoms with E-state index in [0.717, 1.165) is 41.8 Å². The number of halogens is 1. The summed E-state index contributed by atoms with van der Waals surface area (Å²) in [5.74, 6) is 1.39. The number of rotatable bonds is 5. The lowest BCUT2D eigenvalue weighted by atomic mass is 10.1. The van der Waals surface area contributed by atoms with Crippen molar-refractivity contribution in [1.29, 1.82) is 0 Å². The molecule has 2 fully saturated rings. The lowest BCUT2D eigenvalue weighted by molar-refractivity contribution is 0.0746. The van der Waals surface area contributed by atoms with E-state index in [0.29, 0.717) is 37.8 Å². The minimum Gasteiger partial charge on any atom is -0.364 e. The van der Waals surface area contributed by atoms with Crippen molar-refractivity contribution < 1.29 is 13.2 Å². The van der Waals surface area contributed by atoms with Crippen LogP contribution in [0.5, 0.6) is 0 Å². The van der Waals surface area contributed by atoms with Crippen molar-refractivity contribution in [3.05, 3.63) is 53.1 Å². The van der Waals surface area contributed by atoms with Gasteiger partial charge in [0, 0.05) is 38.5 Å². The smallest absolute Gasteiger partial charge is 0.255 e. The van der Waals surface area contributed by atoms with Crippen LogP contribution in [0.3, 0.4) is 0 Å². The second-order valence-corrected chi connectivity index (χ2v) is 10.9. The van der Waals surface area contributed by atoms with Crippen LogP contribution in [-0.4, -0.2) is 67.7 Å². The lowest BCUT2D eigenvalue weighted by Gasteiger charge is -2.36. The number of hydrogen-bond acceptors (Lipinski definition) is 7. The number of anilines is 2. The van der Waals surface area contributed by atoms with E-state index in [1.54, 1.807) is 4.90 Å². The zero-order valence-electron chi connectivity index (χ0n) is 18.2. The number of aromatic nitrogens is 2. The highest BCUT2D eigenvalue weighted by atomic mass is 35.5. The van der Waals surface area contributed by atoms with Crippen molar-refractivity contribution in [2.24, 2.45) is 0 Å². The van der Waals surface area contributed by atoms with Gasteiger partial charge in [0.2, 0.25) is 0 Å². The van der Waals surface area contributed by atoms with E-state index in [1.165, 1.54) is 18.2 Å². The van der Waals surface area contributed by atoms with Crippen molar-refractivity contribution in [3.63, 3.8) is 0 Å². The van der Waals surface area contributed by atoms with Gasteiger partial charge in [-0.15, -0.1) is 0 Å². The van der Waals surface area contributed by atoms with Gasteiger partial charge >= 0.3 is 0 Å². The Hall–Kier alpha value is -2.91. The van der Waals surface area contributed by atoms with Crippen molar-refractivity contribution in [2.75, 3.05) is 42.7 Å². The summed E-state index contributed by atoms with van der Waals surface area (Å²) in [5.41, 5.74) is 1.99. The molecule has 10 heteroatoms. The first-order valence-electron chi connectivity index (χ1n) is 10.9. The van der Waals surface area contributed by atoms with Crippen LogP contribution in [0.25, 0.3) is 11.0 Å². The molecule has 33 heavy (non-hydrogen) atoms. The van der Waals surface area contributed by atoms with E-state index in [-0.39, 0.29) is 15.8 Å². The molecular formula is C23H24ClN5O3S. The van der Waals surface area contributed by atoms with Gasteiger partial charge in [-0.05, 0) is 43.2 Å². The predicted octanol–water partition coefficient (Wildman–Crippen LogP) is 3.22. The molecule has 1 aliphatic carbocycles. The maximum atomic E-state index is 13.1. The molecule has 0 unspecified atom stereocenters. The van der Waals surface area contributed by atoms with Gasteiger partial charge in [-0.1, -0.05) is 23.7 Å². The molecule has 0 spiro atoms. The zero-order chi connectivity index (χ0) is 23.2. The highest BCUT2D eigenvalue weighted by Crippen LogP contribution is 2.31. The molecule has 3 aromatic rings. The Morgan fingerprint density at radius 2 is 1.70 bits per heavy atom. The lowest BCUT2D eigenvalue weighted by Crippen LogP contribution is -2.49. The third kappa shape index (κ3) is 4.60. The quantitative estimate of drug-likeness (QED) is 0.592. The van der Waals surface area contributed by atoms with Gasteiger partial charge in [0.1, 0.15) is 0 Å². The maximum Gasteiger partial charge on any atom is 0.255 e. The molecule has 1 aliphatic heterocycles. The van der Waals surface area contributed by atoms with Crippen LogP contribution in [0.2, 0.25) is 5.02 Å². The normalized spacial score (nSPS) is 16.8. The largest absolute Gasteiger partial charge is 0.364 e. The number of carbonyl (C=O) groups is 1. The molecule has 1 amide bonds. The summed E-state index contributed by atoms with van der Waals surface area (Å²) in [6.07, 6.45) is 3.38. The average Bonchev–Trinajstić information content (AvgIpc) is 3.62.